The first-order chi connectivity index (χ1) is 6.63. The maximum atomic E-state index is 11.7. The summed E-state index contributed by atoms with van der Waals surface area (Å²) in [7, 11) is 0. The Morgan fingerprint density at radius 2 is 2.14 bits per heavy atom. The van der Waals surface area contributed by atoms with E-state index in [2.05, 4.69) is 15.9 Å². The molecule has 3 heteroatoms. The summed E-state index contributed by atoms with van der Waals surface area (Å²) in [5.74, 6) is 1.12. The minimum atomic E-state index is 0.226. The molecular weight excluding hydrogens is 260 g/mol. The van der Waals surface area contributed by atoms with E-state index in [0.717, 1.165) is 21.4 Å². The molecule has 0 atom stereocenters. The third kappa shape index (κ3) is 3.46. The van der Waals surface area contributed by atoms with Gasteiger partial charge in [0.05, 0.1) is 0 Å². The topological polar surface area (TPSA) is 17.1 Å². The maximum absolute atomic E-state index is 11.7. The molecule has 1 aromatic rings. The molecule has 0 unspecified atom stereocenters. The van der Waals surface area contributed by atoms with Gasteiger partial charge in [0.1, 0.15) is 0 Å². The summed E-state index contributed by atoms with van der Waals surface area (Å²) in [6.07, 6.45) is 2.64. The van der Waals surface area contributed by atoms with Gasteiger partial charge in [-0.2, -0.15) is 11.8 Å². The van der Waals surface area contributed by atoms with Crippen LogP contribution in [0, 0.1) is 6.92 Å². The van der Waals surface area contributed by atoms with Crippen LogP contribution in [-0.4, -0.2) is 17.8 Å². The minimum absolute atomic E-state index is 0.226. The molecule has 1 nitrogen and oxygen atoms in total. The molecule has 0 bridgehead atoms. The standard InChI is InChI=1S/C11H13BrOS/c1-8-5-9(7-10(12)6-8)11(13)3-4-14-2/h5-7H,3-4H2,1-2H3. The van der Waals surface area contributed by atoms with E-state index in [4.69, 9.17) is 0 Å². The quantitative estimate of drug-likeness (QED) is 0.778. The van der Waals surface area contributed by atoms with Crippen molar-refractivity contribution in [3.63, 3.8) is 0 Å². The van der Waals surface area contributed by atoms with Crippen LogP contribution in [0.1, 0.15) is 22.3 Å². The molecule has 0 heterocycles. The van der Waals surface area contributed by atoms with Gasteiger partial charge in [0.2, 0.25) is 0 Å². The first-order valence-electron chi connectivity index (χ1n) is 4.43. The molecule has 0 aliphatic heterocycles. The molecule has 0 amide bonds. The number of halogens is 1. The minimum Gasteiger partial charge on any atom is -0.294 e. The third-order valence-electron chi connectivity index (χ3n) is 1.90. The van der Waals surface area contributed by atoms with Crippen LogP contribution in [0.25, 0.3) is 0 Å². The van der Waals surface area contributed by atoms with Gasteiger partial charge in [0.15, 0.2) is 5.78 Å². The van der Waals surface area contributed by atoms with E-state index in [1.54, 1.807) is 11.8 Å². The van der Waals surface area contributed by atoms with Gasteiger partial charge in [-0.1, -0.05) is 15.9 Å². The largest absolute Gasteiger partial charge is 0.294 e. The Kier molecular flexibility index (Phi) is 4.69. The summed E-state index contributed by atoms with van der Waals surface area (Å²) in [5.41, 5.74) is 1.93. The predicted octanol–water partition coefficient (Wildman–Crippen LogP) is 3.69. The first kappa shape index (κ1) is 11.8. The smallest absolute Gasteiger partial charge is 0.163 e. The van der Waals surface area contributed by atoms with Gasteiger partial charge in [-0.3, -0.25) is 4.79 Å². The highest BCUT2D eigenvalue weighted by Gasteiger charge is 2.06. The molecule has 1 aromatic carbocycles. The number of rotatable bonds is 4. The van der Waals surface area contributed by atoms with Crippen molar-refractivity contribution < 1.29 is 4.79 Å². The molecule has 0 aliphatic carbocycles. The number of thioether (sulfide) groups is 1. The SMILES string of the molecule is CSCCC(=O)c1cc(C)cc(Br)c1. The summed E-state index contributed by atoms with van der Waals surface area (Å²) in [4.78, 5) is 11.7. The van der Waals surface area contributed by atoms with Crippen LogP contribution in [0.5, 0.6) is 0 Å². The molecule has 0 saturated heterocycles. The molecule has 0 aliphatic rings. The normalized spacial score (nSPS) is 10.2. The zero-order valence-corrected chi connectivity index (χ0v) is 10.7. The fourth-order valence-corrected chi connectivity index (χ4v) is 2.23. The van der Waals surface area contributed by atoms with E-state index in [1.807, 2.05) is 31.4 Å². The highest BCUT2D eigenvalue weighted by atomic mass is 79.9. The summed E-state index contributed by atoms with van der Waals surface area (Å²) in [6, 6.07) is 5.83. The second-order valence-corrected chi connectivity index (χ2v) is 5.08. The number of Topliss-reactive ketones (excluding diaryl/α,β-unsaturated/α-hetero) is 1. The number of hydrogen-bond acceptors (Lipinski definition) is 2. The maximum Gasteiger partial charge on any atom is 0.163 e. The van der Waals surface area contributed by atoms with Gasteiger partial charge >= 0.3 is 0 Å². The number of carbonyl (C=O) groups excluding carboxylic acids is 1. The Bertz CT molecular complexity index is 316. The van der Waals surface area contributed by atoms with Crippen molar-refractivity contribution in [2.75, 3.05) is 12.0 Å². The average molecular weight is 273 g/mol. The molecule has 0 radical (unpaired) electrons. The number of benzene rings is 1. The number of carbonyl (C=O) groups is 1. The van der Waals surface area contributed by atoms with Gasteiger partial charge < -0.3 is 0 Å². The second-order valence-electron chi connectivity index (χ2n) is 3.18. The fraction of sp³-hybridized carbons (Fsp3) is 0.364. The molecule has 1 rings (SSSR count). The monoisotopic (exact) mass is 272 g/mol. The number of aryl methyl sites for hydroxylation is 1. The van der Waals surface area contributed by atoms with Crippen molar-refractivity contribution in [1.82, 2.24) is 0 Å². The lowest BCUT2D eigenvalue weighted by atomic mass is 10.1. The van der Waals surface area contributed by atoms with Gasteiger partial charge in [0, 0.05) is 22.2 Å². The molecular formula is C11H13BrOS. The molecule has 0 spiro atoms. The van der Waals surface area contributed by atoms with E-state index in [1.165, 1.54) is 0 Å². The zero-order valence-electron chi connectivity index (χ0n) is 8.34. The van der Waals surface area contributed by atoms with Crippen molar-refractivity contribution >= 4 is 33.5 Å². The fourth-order valence-electron chi connectivity index (χ4n) is 1.24. The Morgan fingerprint density at radius 1 is 1.43 bits per heavy atom. The predicted molar refractivity (Wildman–Crippen MR) is 66.2 cm³/mol. The van der Waals surface area contributed by atoms with Crippen molar-refractivity contribution in [3.05, 3.63) is 33.8 Å². The Morgan fingerprint density at radius 3 is 2.71 bits per heavy atom. The van der Waals surface area contributed by atoms with Crippen molar-refractivity contribution in [1.29, 1.82) is 0 Å². The van der Waals surface area contributed by atoms with Crippen LogP contribution in [0.2, 0.25) is 0 Å². The first-order valence-corrected chi connectivity index (χ1v) is 6.61. The van der Waals surface area contributed by atoms with E-state index in [9.17, 15) is 4.79 Å². The van der Waals surface area contributed by atoms with Crippen LogP contribution < -0.4 is 0 Å². The van der Waals surface area contributed by atoms with E-state index >= 15 is 0 Å². The highest BCUT2D eigenvalue weighted by Crippen LogP contribution is 2.17. The van der Waals surface area contributed by atoms with E-state index in [-0.39, 0.29) is 5.78 Å². The Balaban J connectivity index is 2.79. The lowest BCUT2D eigenvalue weighted by Crippen LogP contribution is -2.00. The van der Waals surface area contributed by atoms with Crippen LogP contribution in [0.15, 0.2) is 22.7 Å². The van der Waals surface area contributed by atoms with Crippen molar-refractivity contribution in [2.45, 2.75) is 13.3 Å². The molecule has 0 fully saturated rings. The molecule has 0 N–H and O–H groups in total. The lowest BCUT2D eigenvalue weighted by molar-refractivity contribution is 0.0989. The molecule has 14 heavy (non-hydrogen) atoms. The summed E-state index contributed by atoms with van der Waals surface area (Å²) in [6.45, 7) is 2.00. The van der Waals surface area contributed by atoms with Crippen LogP contribution in [0.3, 0.4) is 0 Å². The molecule has 76 valence electrons. The number of ketones is 1. The van der Waals surface area contributed by atoms with Crippen LogP contribution >= 0.6 is 27.7 Å². The van der Waals surface area contributed by atoms with Crippen molar-refractivity contribution in [2.24, 2.45) is 0 Å². The lowest BCUT2D eigenvalue weighted by Gasteiger charge is -2.02. The highest BCUT2D eigenvalue weighted by molar-refractivity contribution is 9.10. The van der Waals surface area contributed by atoms with Crippen LogP contribution in [-0.2, 0) is 0 Å². The summed E-state index contributed by atoms with van der Waals surface area (Å²) >= 11 is 5.09. The number of hydrogen-bond donors (Lipinski definition) is 0. The zero-order chi connectivity index (χ0) is 10.6. The van der Waals surface area contributed by atoms with Gasteiger partial charge in [-0.25, -0.2) is 0 Å². The molecule has 0 saturated carbocycles. The van der Waals surface area contributed by atoms with E-state index in [0.29, 0.717) is 6.42 Å². The average Bonchev–Trinajstić information content (AvgIpc) is 2.12. The van der Waals surface area contributed by atoms with Gasteiger partial charge in [-0.15, -0.1) is 0 Å². The van der Waals surface area contributed by atoms with Crippen LogP contribution in [0.4, 0.5) is 0 Å². The molecule has 0 aromatic heterocycles. The summed E-state index contributed by atoms with van der Waals surface area (Å²) in [5, 5.41) is 0. The second kappa shape index (κ2) is 5.56. The van der Waals surface area contributed by atoms with Gasteiger partial charge in [-0.05, 0) is 36.9 Å². The van der Waals surface area contributed by atoms with Crippen molar-refractivity contribution in [3.8, 4) is 0 Å². The Labute approximate surface area is 97.4 Å². The Hall–Kier alpha value is -0.280. The third-order valence-corrected chi connectivity index (χ3v) is 2.97. The van der Waals surface area contributed by atoms with E-state index < -0.39 is 0 Å². The summed E-state index contributed by atoms with van der Waals surface area (Å²) < 4.78 is 0.977. The van der Waals surface area contributed by atoms with Gasteiger partial charge in [0.25, 0.3) is 0 Å².